The highest BCUT2D eigenvalue weighted by Gasteiger charge is 2.26. The molecule has 1 N–H and O–H groups in total. The molecule has 0 heterocycles. The van der Waals surface area contributed by atoms with Crippen molar-refractivity contribution in [2.24, 2.45) is 0 Å². The Hall–Kier alpha value is -1.33. The number of benzene rings is 1. The Balaban J connectivity index is 2.71. The molecular weight excluding hydrogens is 229 g/mol. The van der Waals surface area contributed by atoms with E-state index < -0.39 is 36.5 Å². The van der Waals surface area contributed by atoms with Crippen LogP contribution >= 0.6 is 0 Å². The standard InChI is InChI=1S/C10H10F5N/c1-6-2-3-7(11)9(8(6)12)16-5-4-10(13,14)15/h2-3,16H,4-5H2,1H3. The van der Waals surface area contributed by atoms with Gasteiger partial charge in [0.2, 0.25) is 0 Å². The van der Waals surface area contributed by atoms with Crippen molar-refractivity contribution in [2.75, 3.05) is 11.9 Å². The number of nitrogens with one attached hydrogen (secondary N) is 1. The molecule has 0 aromatic heterocycles. The van der Waals surface area contributed by atoms with E-state index >= 15 is 0 Å². The lowest BCUT2D eigenvalue weighted by atomic mass is 10.2. The van der Waals surface area contributed by atoms with E-state index in [0.29, 0.717) is 0 Å². The number of hydrogen-bond acceptors (Lipinski definition) is 1. The molecule has 1 aromatic rings. The van der Waals surface area contributed by atoms with E-state index in [2.05, 4.69) is 5.32 Å². The first-order chi connectivity index (χ1) is 7.31. The molecule has 16 heavy (non-hydrogen) atoms. The van der Waals surface area contributed by atoms with Gasteiger partial charge in [-0.1, -0.05) is 6.07 Å². The molecule has 0 fully saturated rings. The second-order valence-electron chi connectivity index (χ2n) is 3.35. The number of rotatable bonds is 3. The number of alkyl halides is 3. The van der Waals surface area contributed by atoms with Crippen molar-refractivity contribution >= 4 is 5.69 Å². The molecule has 0 aliphatic heterocycles. The van der Waals surface area contributed by atoms with E-state index in [4.69, 9.17) is 0 Å². The molecule has 6 heteroatoms. The van der Waals surface area contributed by atoms with Crippen LogP contribution in [0.4, 0.5) is 27.6 Å². The van der Waals surface area contributed by atoms with Gasteiger partial charge in [0.15, 0.2) is 5.82 Å². The maximum Gasteiger partial charge on any atom is 0.390 e. The molecule has 0 unspecified atom stereocenters. The normalized spacial score (nSPS) is 11.6. The molecule has 0 saturated carbocycles. The van der Waals surface area contributed by atoms with E-state index in [1.54, 1.807) is 0 Å². The number of hydrogen-bond donors (Lipinski definition) is 1. The molecule has 0 atom stereocenters. The molecule has 0 aliphatic rings. The van der Waals surface area contributed by atoms with Crippen LogP contribution < -0.4 is 5.32 Å². The lowest BCUT2D eigenvalue weighted by Gasteiger charge is -2.11. The number of anilines is 1. The zero-order chi connectivity index (χ0) is 12.3. The Bertz CT molecular complexity index is 372. The topological polar surface area (TPSA) is 12.0 Å². The lowest BCUT2D eigenvalue weighted by molar-refractivity contribution is -0.131. The second-order valence-corrected chi connectivity index (χ2v) is 3.35. The third-order valence-electron chi connectivity index (χ3n) is 1.99. The molecule has 0 saturated heterocycles. The summed E-state index contributed by atoms with van der Waals surface area (Å²) < 4.78 is 61.8. The van der Waals surface area contributed by atoms with Gasteiger partial charge in [-0.15, -0.1) is 0 Å². The van der Waals surface area contributed by atoms with Crippen LogP contribution in [0.3, 0.4) is 0 Å². The van der Waals surface area contributed by atoms with Gasteiger partial charge in [-0.05, 0) is 18.6 Å². The van der Waals surface area contributed by atoms with Crippen molar-refractivity contribution in [3.05, 3.63) is 29.3 Å². The van der Waals surface area contributed by atoms with Crippen LogP contribution in [0, 0.1) is 18.6 Å². The van der Waals surface area contributed by atoms with E-state index in [-0.39, 0.29) is 5.56 Å². The second kappa shape index (κ2) is 4.67. The minimum atomic E-state index is -4.34. The summed E-state index contributed by atoms with van der Waals surface area (Å²) in [5, 5.41) is 2.11. The monoisotopic (exact) mass is 239 g/mol. The predicted octanol–water partition coefficient (Wildman–Crippen LogP) is 3.64. The average molecular weight is 239 g/mol. The van der Waals surface area contributed by atoms with Crippen molar-refractivity contribution in [1.29, 1.82) is 0 Å². The number of halogens is 5. The van der Waals surface area contributed by atoms with Gasteiger partial charge in [0.1, 0.15) is 11.5 Å². The van der Waals surface area contributed by atoms with Gasteiger partial charge in [0.05, 0.1) is 6.42 Å². The summed E-state index contributed by atoms with van der Waals surface area (Å²) in [6.07, 6.45) is -5.48. The highest BCUT2D eigenvalue weighted by atomic mass is 19.4. The molecule has 0 amide bonds. The molecule has 0 aliphatic carbocycles. The van der Waals surface area contributed by atoms with Crippen molar-refractivity contribution in [2.45, 2.75) is 19.5 Å². The van der Waals surface area contributed by atoms with Crippen LogP contribution in [-0.4, -0.2) is 12.7 Å². The van der Waals surface area contributed by atoms with E-state index in [1.165, 1.54) is 13.0 Å². The highest BCUT2D eigenvalue weighted by Crippen LogP contribution is 2.23. The molecule has 90 valence electrons. The molecule has 1 aromatic carbocycles. The van der Waals surface area contributed by atoms with Crippen LogP contribution in [-0.2, 0) is 0 Å². The van der Waals surface area contributed by atoms with E-state index in [0.717, 1.165) is 6.07 Å². The fourth-order valence-electron chi connectivity index (χ4n) is 1.15. The SMILES string of the molecule is Cc1ccc(F)c(NCCC(F)(F)F)c1F. The first-order valence-corrected chi connectivity index (χ1v) is 4.56. The van der Waals surface area contributed by atoms with Crippen LogP contribution in [0.2, 0.25) is 0 Å². The summed E-state index contributed by atoms with van der Waals surface area (Å²) in [5.41, 5.74) is -0.333. The van der Waals surface area contributed by atoms with Crippen LogP contribution in [0.15, 0.2) is 12.1 Å². The maximum atomic E-state index is 13.3. The Morgan fingerprint density at radius 2 is 1.81 bits per heavy atom. The van der Waals surface area contributed by atoms with E-state index in [1.807, 2.05) is 0 Å². The van der Waals surface area contributed by atoms with Crippen LogP contribution in [0.25, 0.3) is 0 Å². The summed E-state index contributed by atoms with van der Waals surface area (Å²) in [4.78, 5) is 0. The molecule has 0 spiro atoms. The first kappa shape index (κ1) is 12.7. The van der Waals surface area contributed by atoms with Gasteiger partial charge < -0.3 is 5.32 Å². The summed E-state index contributed by atoms with van der Waals surface area (Å²) in [5.74, 6) is -1.76. The molecular formula is C10H10F5N. The highest BCUT2D eigenvalue weighted by molar-refractivity contribution is 5.48. The summed E-state index contributed by atoms with van der Waals surface area (Å²) >= 11 is 0. The van der Waals surface area contributed by atoms with Gasteiger partial charge >= 0.3 is 6.18 Å². The van der Waals surface area contributed by atoms with Crippen molar-refractivity contribution in [1.82, 2.24) is 0 Å². The molecule has 0 radical (unpaired) electrons. The van der Waals surface area contributed by atoms with Gasteiger partial charge in [0.25, 0.3) is 0 Å². The zero-order valence-electron chi connectivity index (χ0n) is 8.46. The fourth-order valence-corrected chi connectivity index (χ4v) is 1.15. The molecule has 1 nitrogen and oxygen atoms in total. The molecule has 0 bridgehead atoms. The van der Waals surface area contributed by atoms with Crippen LogP contribution in [0.1, 0.15) is 12.0 Å². The summed E-state index contributed by atoms with van der Waals surface area (Å²) in [6.45, 7) is 0.852. The lowest BCUT2D eigenvalue weighted by Crippen LogP contribution is -2.16. The first-order valence-electron chi connectivity index (χ1n) is 4.56. The number of aryl methyl sites for hydroxylation is 1. The van der Waals surface area contributed by atoms with Gasteiger partial charge in [-0.2, -0.15) is 13.2 Å². The van der Waals surface area contributed by atoms with Crippen molar-refractivity contribution < 1.29 is 22.0 Å². The van der Waals surface area contributed by atoms with Gasteiger partial charge in [-0.25, -0.2) is 8.78 Å². The maximum absolute atomic E-state index is 13.3. The minimum Gasteiger partial charge on any atom is -0.380 e. The third kappa shape index (κ3) is 3.36. The smallest absolute Gasteiger partial charge is 0.380 e. The Morgan fingerprint density at radius 3 is 2.38 bits per heavy atom. The summed E-state index contributed by atoms with van der Waals surface area (Å²) in [7, 11) is 0. The van der Waals surface area contributed by atoms with Crippen LogP contribution in [0.5, 0.6) is 0 Å². The van der Waals surface area contributed by atoms with Gasteiger partial charge in [-0.3, -0.25) is 0 Å². The average Bonchev–Trinajstić information content (AvgIpc) is 2.16. The fraction of sp³-hybridized carbons (Fsp3) is 0.400. The minimum absolute atomic E-state index is 0.177. The zero-order valence-corrected chi connectivity index (χ0v) is 8.46. The van der Waals surface area contributed by atoms with E-state index in [9.17, 15) is 22.0 Å². The van der Waals surface area contributed by atoms with Crippen molar-refractivity contribution in [3.63, 3.8) is 0 Å². The largest absolute Gasteiger partial charge is 0.390 e. The van der Waals surface area contributed by atoms with Crippen molar-refractivity contribution in [3.8, 4) is 0 Å². The Labute approximate surface area is 89.3 Å². The Kier molecular flexibility index (Phi) is 3.72. The molecule has 1 rings (SSSR count). The third-order valence-corrected chi connectivity index (χ3v) is 1.99. The Morgan fingerprint density at radius 1 is 1.19 bits per heavy atom. The summed E-state index contributed by atoms with van der Waals surface area (Å²) in [6, 6.07) is 2.23. The van der Waals surface area contributed by atoms with Gasteiger partial charge in [0, 0.05) is 6.54 Å². The quantitative estimate of drug-likeness (QED) is 0.794. The predicted molar refractivity (Wildman–Crippen MR) is 50.3 cm³/mol.